The first-order valence-electron chi connectivity index (χ1n) is 5.97. The van der Waals surface area contributed by atoms with Gasteiger partial charge >= 0.3 is 0 Å². The number of ether oxygens (including phenoxy) is 1. The van der Waals surface area contributed by atoms with E-state index in [0.717, 1.165) is 30.2 Å². The van der Waals surface area contributed by atoms with Crippen LogP contribution in [0.25, 0.3) is 5.69 Å². The van der Waals surface area contributed by atoms with Crippen molar-refractivity contribution in [3.05, 3.63) is 30.1 Å². The Morgan fingerprint density at radius 3 is 3.06 bits per heavy atom. The van der Waals surface area contributed by atoms with Crippen LogP contribution in [0.2, 0.25) is 0 Å². The molecule has 1 N–H and O–H groups in total. The smallest absolute Gasteiger partial charge is 0.170 e. The lowest BCUT2D eigenvalue weighted by Gasteiger charge is -2.06. The molecule has 2 rings (SSSR count). The standard InChI is InChI=1S/C12H17N5O/c1-3-7-13-9-12-14-15-16-17(12)10-5-4-6-11(8-10)18-2/h4-6,8,13H,3,7,9H2,1-2H3. The van der Waals surface area contributed by atoms with Crippen molar-refractivity contribution in [2.75, 3.05) is 13.7 Å². The fraction of sp³-hybridized carbons (Fsp3) is 0.417. The van der Waals surface area contributed by atoms with Gasteiger partial charge in [0, 0.05) is 6.07 Å². The monoisotopic (exact) mass is 247 g/mol. The number of hydrogen-bond donors (Lipinski definition) is 1. The molecule has 0 unspecified atom stereocenters. The van der Waals surface area contributed by atoms with E-state index >= 15 is 0 Å². The van der Waals surface area contributed by atoms with Gasteiger partial charge in [0.2, 0.25) is 0 Å². The molecule has 1 aromatic carbocycles. The highest BCUT2D eigenvalue weighted by Crippen LogP contribution is 2.16. The average molecular weight is 247 g/mol. The maximum absolute atomic E-state index is 5.19. The van der Waals surface area contributed by atoms with Gasteiger partial charge in [0.25, 0.3) is 0 Å². The Balaban J connectivity index is 2.19. The number of hydrogen-bond acceptors (Lipinski definition) is 5. The summed E-state index contributed by atoms with van der Waals surface area (Å²) in [5, 5.41) is 15.0. The minimum atomic E-state index is 0.651. The Hall–Kier alpha value is -1.95. The minimum Gasteiger partial charge on any atom is -0.497 e. The summed E-state index contributed by atoms with van der Waals surface area (Å²) in [6.45, 7) is 3.72. The second kappa shape index (κ2) is 6.11. The summed E-state index contributed by atoms with van der Waals surface area (Å²) in [5.74, 6) is 1.58. The first-order valence-corrected chi connectivity index (χ1v) is 5.97. The van der Waals surface area contributed by atoms with Gasteiger partial charge in [-0.1, -0.05) is 13.0 Å². The largest absolute Gasteiger partial charge is 0.497 e. The van der Waals surface area contributed by atoms with E-state index in [1.165, 1.54) is 0 Å². The molecule has 96 valence electrons. The summed E-state index contributed by atoms with van der Waals surface area (Å²) >= 11 is 0. The van der Waals surface area contributed by atoms with Gasteiger partial charge in [-0.3, -0.25) is 0 Å². The lowest BCUT2D eigenvalue weighted by molar-refractivity contribution is 0.414. The SMILES string of the molecule is CCCNCc1nnnn1-c1cccc(OC)c1. The number of benzene rings is 1. The van der Waals surface area contributed by atoms with Crippen molar-refractivity contribution in [1.29, 1.82) is 0 Å². The molecule has 1 aromatic heterocycles. The van der Waals surface area contributed by atoms with Crippen LogP contribution in [0.3, 0.4) is 0 Å². The zero-order chi connectivity index (χ0) is 12.8. The molecular weight excluding hydrogens is 230 g/mol. The van der Waals surface area contributed by atoms with Crippen LogP contribution in [-0.2, 0) is 6.54 Å². The van der Waals surface area contributed by atoms with Crippen molar-refractivity contribution in [3.8, 4) is 11.4 Å². The Morgan fingerprint density at radius 1 is 1.39 bits per heavy atom. The van der Waals surface area contributed by atoms with E-state index < -0.39 is 0 Å². The number of rotatable bonds is 6. The summed E-state index contributed by atoms with van der Waals surface area (Å²) in [6, 6.07) is 7.66. The minimum absolute atomic E-state index is 0.651. The fourth-order valence-electron chi connectivity index (χ4n) is 1.64. The third kappa shape index (κ3) is 2.84. The summed E-state index contributed by atoms with van der Waals surface area (Å²) in [4.78, 5) is 0. The van der Waals surface area contributed by atoms with Crippen LogP contribution in [-0.4, -0.2) is 33.9 Å². The van der Waals surface area contributed by atoms with Crippen LogP contribution in [0.5, 0.6) is 5.75 Å². The summed E-state index contributed by atoms with van der Waals surface area (Å²) in [7, 11) is 1.64. The molecule has 0 saturated carbocycles. The van der Waals surface area contributed by atoms with Gasteiger partial charge in [-0.2, -0.15) is 4.68 Å². The van der Waals surface area contributed by atoms with Gasteiger partial charge in [-0.05, 0) is 35.5 Å². The van der Waals surface area contributed by atoms with E-state index in [9.17, 15) is 0 Å². The maximum atomic E-state index is 5.19. The molecule has 0 aliphatic rings. The summed E-state index contributed by atoms with van der Waals surface area (Å²) in [6.07, 6.45) is 1.08. The zero-order valence-corrected chi connectivity index (χ0v) is 10.6. The quantitative estimate of drug-likeness (QED) is 0.776. The van der Waals surface area contributed by atoms with Gasteiger partial charge in [0.1, 0.15) is 5.75 Å². The number of aromatic nitrogens is 4. The highest BCUT2D eigenvalue weighted by atomic mass is 16.5. The second-order valence-electron chi connectivity index (χ2n) is 3.89. The van der Waals surface area contributed by atoms with Gasteiger partial charge in [0.05, 0.1) is 19.3 Å². The molecule has 0 saturated heterocycles. The number of tetrazole rings is 1. The maximum Gasteiger partial charge on any atom is 0.170 e. The molecule has 0 atom stereocenters. The molecule has 6 nitrogen and oxygen atoms in total. The van der Waals surface area contributed by atoms with E-state index in [0.29, 0.717) is 6.54 Å². The highest BCUT2D eigenvalue weighted by Gasteiger charge is 2.08. The zero-order valence-electron chi connectivity index (χ0n) is 10.6. The van der Waals surface area contributed by atoms with E-state index in [-0.39, 0.29) is 0 Å². The van der Waals surface area contributed by atoms with Crippen molar-refractivity contribution >= 4 is 0 Å². The first-order chi connectivity index (χ1) is 8.85. The topological polar surface area (TPSA) is 64.9 Å². The van der Waals surface area contributed by atoms with E-state index in [4.69, 9.17) is 4.74 Å². The van der Waals surface area contributed by atoms with Gasteiger partial charge in [-0.15, -0.1) is 5.10 Å². The Bertz CT molecular complexity index is 497. The van der Waals surface area contributed by atoms with Crippen LogP contribution >= 0.6 is 0 Å². The molecule has 0 spiro atoms. The molecule has 2 aromatic rings. The molecule has 18 heavy (non-hydrogen) atoms. The summed E-state index contributed by atoms with van der Waals surface area (Å²) in [5.41, 5.74) is 0.896. The molecular formula is C12H17N5O. The molecule has 1 heterocycles. The van der Waals surface area contributed by atoms with Crippen LogP contribution < -0.4 is 10.1 Å². The van der Waals surface area contributed by atoms with Gasteiger partial charge in [-0.25, -0.2) is 0 Å². The predicted octanol–water partition coefficient (Wildman–Crippen LogP) is 1.17. The van der Waals surface area contributed by atoms with E-state index in [1.54, 1.807) is 11.8 Å². The molecule has 0 amide bonds. The number of methoxy groups -OCH3 is 1. The third-order valence-corrected chi connectivity index (χ3v) is 2.54. The first kappa shape index (κ1) is 12.5. The van der Waals surface area contributed by atoms with E-state index in [2.05, 4.69) is 27.8 Å². The number of nitrogens with zero attached hydrogens (tertiary/aromatic N) is 4. The van der Waals surface area contributed by atoms with E-state index in [1.807, 2.05) is 24.3 Å². The predicted molar refractivity (Wildman–Crippen MR) is 67.7 cm³/mol. The fourth-order valence-corrected chi connectivity index (χ4v) is 1.64. The highest BCUT2D eigenvalue weighted by molar-refractivity contribution is 5.38. The molecule has 0 aliphatic heterocycles. The lowest BCUT2D eigenvalue weighted by atomic mass is 10.3. The Kier molecular flexibility index (Phi) is 4.25. The van der Waals surface area contributed by atoms with Crippen LogP contribution in [0, 0.1) is 0 Å². The Morgan fingerprint density at radius 2 is 2.28 bits per heavy atom. The molecule has 0 radical (unpaired) electrons. The lowest BCUT2D eigenvalue weighted by Crippen LogP contribution is -2.17. The normalized spacial score (nSPS) is 10.6. The van der Waals surface area contributed by atoms with Crippen LogP contribution in [0.15, 0.2) is 24.3 Å². The average Bonchev–Trinajstić information content (AvgIpc) is 2.87. The molecule has 0 bridgehead atoms. The molecule has 6 heteroatoms. The van der Waals surface area contributed by atoms with Crippen molar-refractivity contribution in [2.24, 2.45) is 0 Å². The molecule has 0 fully saturated rings. The van der Waals surface area contributed by atoms with Crippen LogP contribution in [0.1, 0.15) is 19.2 Å². The number of nitrogens with one attached hydrogen (secondary N) is 1. The van der Waals surface area contributed by atoms with Crippen molar-refractivity contribution in [1.82, 2.24) is 25.5 Å². The summed E-state index contributed by atoms with van der Waals surface area (Å²) < 4.78 is 6.91. The van der Waals surface area contributed by atoms with Crippen molar-refractivity contribution < 1.29 is 4.74 Å². The van der Waals surface area contributed by atoms with Crippen molar-refractivity contribution in [3.63, 3.8) is 0 Å². The molecule has 0 aliphatic carbocycles. The third-order valence-electron chi connectivity index (χ3n) is 2.54. The van der Waals surface area contributed by atoms with Crippen molar-refractivity contribution in [2.45, 2.75) is 19.9 Å². The van der Waals surface area contributed by atoms with Gasteiger partial charge in [0.15, 0.2) is 5.82 Å². The van der Waals surface area contributed by atoms with Gasteiger partial charge < -0.3 is 10.1 Å². The Labute approximate surface area is 106 Å². The second-order valence-corrected chi connectivity index (χ2v) is 3.89. The van der Waals surface area contributed by atoms with Crippen LogP contribution in [0.4, 0.5) is 0 Å².